The number of pyridine rings is 1. The minimum absolute atomic E-state index is 0.0237. The molecule has 0 atom stereocenters. The van der Waals surface area contributed by atoms with Gasteiger partial charge in [0.15, 0.2) is 0 Å². The van der Waals surface area contributed by atoms with Crippen molar-refractivity contribution in [2.75, 3.05) is 31.1 Å². The predicted molar refractivity (Wildman–Crippen MR) is 122 cm³/mol. The van der Waals surface area contributed by atoms with Gasteiger partial charge in [0.1, 0.15) is 5.75 Å². The lowest BCUT2D eigenvalue weighted by Gasteiger charge is -2.23. The molecule has 156 valence electrons. The second kappa shape index (κ2) is 9.63. The third kappa shape index (κ3) is 5.22. The summed E-state index contributed by atoms with van der Waals surface area (Å²) in [5.41, 5.74) is 2.27. The molecular formula is C24H21BrN4O2. The van der Waals surface area contributed by atoms with Crippen LogP contribution in [0.3, 0.4) is 0 Å². The smallest absolute Gasteiger partial charge is 0.255 e. The molecule has 1 saturated heterocycles. The van der Waals surface area contributed by atoms with Crippen LogP contribution in [0.15, 0.2) is 71.3 Å². The molecule has 7 heteroatoms. The van der Waals surface area contributed by atoms with E-state index in [4.69, 9.17) is 10.00 Å². The Morgan fingerprint density at radius 3 is 2.42 bits per heavy atom. The molecule has 1 amide bonds. The highest BCUT2D eigenvalue weighted by Gasteiger charge is 2.21. The Hall–Kier alpha value is -3.37. The number of amides is 1. The summed E-state index contributed by atoms with van der Waals surface area (Å²) < 4.78 is 6.71. The van der Waals surface area contributed by atoms with E-state index < -0.39 is 0 Å². The van der Waals surface area contributed by atoms with E-state index in [1.807, 2.05) is 53.4 Å². The van der Waals surface area contributed by atoms with E-state index in [1.165, 1.54) is 0 Å². The van der Waals surface area contributed by atoms with Gasteiger partial charge >= 0.3 is 0 Å². The fourth-order valence-electron chi connectivity index (χ4n) is 3.50. The summed E-state index contributed by atoms with van der Waals surface area (Å²) in [5, 5.41) is 8.97. The number of nitriles is 1. The molecule has 0 N–H and O–H groups in total. The number of halogens is 1. The number of anilines is 1. The number of carbonyl (C=O) groups excluding carboxylic acids is 1. The molecule has 1 fully saturated rings. The number of nitrogens with zero attached hydrogens (tertiary/aromatic N) is 4. The van der Waals surface area contributed by atoms with Gasteiger partial charge in [-0.05, 0) is 61.0 Å². The number of carbonyl (C=O) groups is 1. The van der Waals surface area contributed by atoms with Gasteiger partial charge in [0.2, 0.25) is 5.88 Å². The van der Waals surface area contributed by atoms with E-state index in [1.54, 1.807) is 18.3 Å². The molecule has 0 unspecified atom stereocenters. The molecule has 0 bridgehead atoms. The van der Waals surface area contributed by atoms with Crippen LogP contribution in [0.1, 0.15) is 22.3 Å². The summed E-state index contributed by atoms with van der Waals surface area (Å²) >= 11 is 3.39. The quantitative estimate of drug-likeness (QED) is 0.537. The zero-order chi connectivity index (χ0) is 21.6. The van der Waals surface area contributed by atoms with E-state index in [-0.39, 0.29) is 5.91 Å². The van der Waals surface area contributed by atoms with Crippen molar-refractivity contribution in [1.29, 1.82) is 5.26 Å². The molecule has 2 aromatic carbocycles. The molecule has 0 spiro atoms. The summed E-state index contributed by atoms with van der Waals surface area (Å²) in [6.07, 6.45) is 2.45. The number of ether oxygens (including phenoxy) is 1. The summed E-state index contributed by atoms with van der Waals surface area (Å²) in [7, 11) is 0. The molecule has 2 heterocycles. The molecular weight excluding hydrogens is 456 g/mol. The Morgan fingerprint density at radius 2 is 1.74 bits per heavy atom. The van der Waals surface area contributed by atoms with Crippen LogP contribution < -0.4 is 9.64 Å². The van der Waals surface area contributed by atoms with Gasteiger partial charge in [-0.15, -0.1) is 0 Å². The topological polar surface area (TPSA) is 69.5 Å². The first-order valence-electron chi connectivity index (χ1n) is 10.1. The number of aromatic nitrogens is 1. The minimum atomic E-state index is -0.0237. The Kier molecular flexibility index (Phi) is 6.48. The number of hydrogen-bond donors (Lipinski definition) is 0. The maximum Gasteiger partial charge on any atom is 0.255 e. The summed E-state index contributed by atoms with van der Waals surface area (Å²) in [4.78, 5) is 21.4. The Morgan fingerprint density at radius 1 is 0.968 bits per heavy atom. The maximum atomic E-state index is 13.0. The maximum absolute atomic E-state index is 13.0. The van der Waals surface area contributed by atoms with Gasteiger partial charge in [0.25, 0.3) is 5.91 Å². The third-order valence-electron chi connectivity index (χ3n) is 5.16. The van der Waals surface area contributed by atoms with Gasteiger partial charge in [-0.2, -0.15) is 5.26 Å². The number of benzene rings is 2. The first-order valence-corrected chi connectivity index (χ1v) is 10.9. The van der Waals surface area contributed by atoms with Crippen molar-refractivity contribution in [1.82, 2.24) is 9.88 Å². The van der Waals surface area contributed by atoms with Gasteiger partial charge < -0.3 is 14.5 Å². The van der Waals surface area contributed by atoms with E-state index >= 15 is 0 Å². The van der Waals surface area contributed by atoms with Gasteiger partial charge in [-0.1, -0.05) is 15.9 Å². The van der Waals surface area contributed by atoms with E-state index in [0.717, 1.165) is 29.7 Å². The van der Waals surface area contributed by atoms with Crippen LogP contribution in [0.25, 0.3) is 0 Å². The predicted octanol–water partition coefficient (Wildman–Crippen LogP) is 4.86. The van der Waals surface area contributed by atoms with Crippen LogP contribution in [-0.4, -0.2) is 42.0 Å². The fourth-order valence-corrected chi connectivity index (χ4v) is 3.76. The van der Waals surface area contributed by atoms with Crippen molar-refractivity contribution < 1.29 is 9.53 Å². The normalized spacial score (nSPS) is 13.9. The molecule has 0 aliphatic carbocycles. The third-order valence-corrected chi connectivity index (χ3v) is 5.69. The highest BCUT2D eigenvalue weighted by atomic mass is 79.9. The van der Waals surface area contributed by atoms with E-state index in [9.17, 15) is 4.79 Å². The lowest BCUT2D eigenvalue weighted by Crippen LogP contribution is -2.35. The highest BCUT2D eigenvalue weighted by Crippen LogP contribution is 2.22. The summed E-state index contributed by atoms with van der Waals surface area (Å²) in [6, 6.07) is 20.7. The fraction of sp³-hybridized carbons (Fsp3) is 0.208. The Balaban J connectivity index is 1.37. The van der Waals surface area contributed by atoms with Crippen LogP contribution in [0.4, 0.5) is 5.69 Å². The SMILES string of the molecule is N#Cc1ccc(N2CCCN(C(=O)c3ccc(Oc4ccc(Br)cc4)nc3)CC2)cc1. The largest absolute Gasteiger partial charge is 0.439 e. The molecule has 6 nitrogen and oxygen atoms in total. The Bertz CT molecular complexity index is 1080. The zero-order valence-electron chi connectivity index (χ0n) is 16.9. The molecule has 1 aromatic heterocycles. The highest BCUT2D eigenvalue weighted by molar-refractivity contribution is 9.10. The molecule has 0 radical (unpaired) electrons. The van der Waals surface area contributed by atoms with Crippen molar-refractivity contribution in [3.63, 3.8) is 0 Å². The molecule has 0 saturated carbocycles. The van der Waals surface area contributed by atoms with Crippen molar-refractivity contribution in [3.05, 3.63) is 82.5 Å². The Labute approximate surface area is 189 Å². The van der Waals surface area contributed by atoms with Crippen molar-refractivity contribution in [2.45, 2.75) is 6.42 Å². The van der Waals surface area contributed by atoms with Gasteiger partial charge in [0, 0.05) is 48.6 Å². The first kappa shape index (κ1) is 20.9. The van der Waals surface area contributed by atoms with Crippen molar-refractivity contribution in [2.24, 2.45) is 0 Å². The molecule has 4 rings (SSSR count). The van der Waals surface area contributed by atoms with E-state index in [2.05, 4.69) is 31.9 Å². The number of rotatable bonds is 4. The van der Waals surface area contributed by atoms with Gasteiger partial charge in [0.05, 0.1) is 17.2 Å². The monoisotopic (exact) mass is 476 g/mol. The lowest BCUT2D eigenvalue weighted by molar-refractivity contribution is 0.0766. The average Bonchev–Trinajstić information content (AvgIpc) is 3.07. The molecule has 1 aliphatic rings. The average molecular weight is 477 g/mol. The van der Waals surface area contributed by atoms with Crippen molar-refractivity contribution >= 4 is 27.5 Å². The molecule has 31 heavy (non-hydrogen) atoms. The second-order valence-corrected chi connectivity index (χ2v) is 8.15. The van der Waals surface area contributed by atoms with Crippen LogP contribution in [-0.2, 0) is 0 Å². The van der Waals surface area contributed by atoms with Crippen LogP contribution >= 0.6 is 15.9 Å². The zero-order valence-corrected chi connectivity index (χ0v) is 18.5. The molecule has 3 aromatic rings. The summed E-state index contributed by atoms with van der Waals surface area (Å²) in [6.45, 7) is 2.95. The van der Waals surface area contributed by atoms with E-state index in [0.29, 0.717) is 35.8 Å². The van der Waals surface area contributed by atoms with Gasteiger partial charge in [-0.25, -0.2) is 4.98 Å². The van der Waals surface area contributed by atoms with Crippen LogP contribution in [0.5, 0.6) is 11.6 Å². The second-order valence-electron chi connectivity index (χ2n) is 7.23. The lowest BCUT2D eigenvalue weighted by atomic mass is 10.2. The van der Waals surface area contributed by atoms with Crippen LogP contribution in [0, 0.1) is 11.3 Å². The minimum Gasteiger partial charge on any atom is -0.439 e. The molecule has 1 aliphatic heterocycles. The number of hydrogen-bond acceptors (Lipinski definition) is 5. The standard InChI is InChI=1S/C24H21BrN4O2/c25-20-5-9-22(10-6-20)31-23-11-4-19(17-27-23)24(30)29-13-1-12-28(14-15-29)21-7-2-18(16-26)3-8-21/h2-11,17H,1,12-15H2. The van der Waals surface area contributed by atoms with Crippen molar-refractivity contribution in [3.8, 4) is 17.7 Å². The first-order chi connectivity index (χ1) is 15.1. The van der Waals surface area contributed by atoms with Gasteiger partial charge in [-0.3, -0.25) is 4.79 Å². The summed E-state index contributed by atoms with van der Waals surface area (Å²) in [5.74, 6) is 1.11. The van der Waals surface area contributed by atoms with Crippen LogP contribution in [0.2, 0.25) is 0 Å².